The molecule has 2 aromatic carbocycles. The van der Waals surface area contributed by atoms with Crippen molar-refractivity contribution >= 4 is 5.97 Å². The standard InChI is InChI=1S/C17H15F4NO3/c18-13-8-12(6-7-15(13)25-17(19,20)21)9-14(22)16(23)24-10-11-4-2-1-3-5-11/h1-8,14H,9-10,22H2/t14-/m0/s1. The van der Waals surface area contributed by atoms with Crippen molar-refractivity contribution in [3.05, 3.63) is 65.5 Å². The molecule has 0 bridgehead atoms. The second-order valence-corrected chi connectivity index (χ2v) is 5.22. The molecule has 0 aliphatic heterocycles. The highest BCUT2D eigenvalue weighted by molar-refractivity contribution is 5.75. The van der Waals surface area contributed by atoms with Gasteiger partial charge in [-0.15, -0.1) is 13.2 Å². The van der Waals surface area contributed by atoms with Gasteiger partial charge in [-0.1, -0.05) is 36.4 Å². The number of alkyl halides is 3. The second kappa shape index (κ2) is 7.98. The average Bonchev–Trinajstić information content (AvgIpc) is 2.55. The fourth-order valence-electron chi connectivity index (χ4n) is 2.05. The lowest BCUT2D eigenvalue weighted by Gasteiger charge is -2.13. The number of rotatable bonds is 6. The number of halogens is 4. The van der Waals surface area contributed by atoms with Crippen molar-refractivity contribution < 1.29 is 31.8 Å². The van der Waals surface area contributed by atoms with Crippen LogP contribution in [0.1, 0.15) is 11.1 Å². The Bertz CT molecular complexity index is 720. The summed E-state index contributed by atoms with van der Waals surface area (Å²) in [5, 5.41) is 0. The first kappa shape index (κ1) is 18.7. The van der Waals surface area contributed by atoms with Gasteiger partial charge in [-0.3, -0.25) is 4.79 Å². The molecule has 0 aromatic heterocycles. The molecule has 8 heteroatoms. The largest absolute Gasteiger partial charge is 0.573 e. The molecular formula is C17H15F4NO3. The number of carbonyl (C=O) groups excluding carboxylic acids is 1. The number of hydrogen-bond donors (Lipinski definition) is 1. The summed E-state index contributed by atoms with van der Waals surface area (Å²) in [6.45, 7) is 0.0418. The summed E-state index contributed by atoms with van der Waals surface area (Å²) in [4.78, 5) is 11.8. The molecule has 0 saturated heterocycles. The van der Waals surface area contributed by atoms with Crippen LogP contribution in [0.25, 0.3) is 0 Å². The van der Waals surface area contributed by atoms with E-state index >= 15 is 0 Å². The maximum absolute atomic E-state index is 13.6. The first-order chi connectivity index (χ1) is 11.7. The molecule has 0 aliphatic rings. The molecule has 25 heavy (non-hydrogen) atoms. The number of hydrogen-bond acceptors (Lipinski definition) is 4. The van der Waals surface area contributed by atoms with E-state index in [9.17, 15) is 22.4 Å². The zero-order valence-electron chi connectivity index (χ0n) is 12.9. The molecule has 0 saturated carbocycles. The molecule has 2 rings (SSSR count). The van der Waals surface area contributed by atoms with Crippen LogP contribution in [0.3, 0.4) is 0 Å². The van der Waals surface area contributed by atoms with Gasteiger partial charge in [0.05, 0.1) is 0 Å². The number of benzene rings is 2. The molecule has 0 radical (unpaired) electrons. The lowest BCUT2D eigenvalue weighted by molar-refractivity contribution is -0.275. The van der Waals surface area contributed by atoms with E-state index in [0.717, 1.165) is 17.7 Å². The van der Waals surface area contributed by atoms with Crippen LogP contribution in [-0.4, -0.2) is 18.4 Å². The maximum Gasteiger partial charge on any atom is 0.573 e. The normalized spacial score (nSPS) is 12.5. The molecule has 2 N–H and O–H groups in total. The number of esters is 1. The van der Waals surface area contributed by atoms with Crippen LogP contribution in [0, 0.1) is 5.82 Å². The predicted molar refractivity (Wildman–Crippen MR) is 81.0 cm³/mol. The highest BCUT2D eigenvalue weighted by atomic mass is 19.4. The summed E-state index contributed by atoms with van der Waals surface area (Å²) in [6, 6.07) is 10.7. The fourth-order valence-corrected chi connectivity index (χ4v) is 2.05. The summed E-state index contributed by atoms with van der Waals surface area (Å²) in [5.74, 6) is -2.84. The zero-order chi connectivity index (χ0) is 18.4. The Morgan fingerprint density at radius 1 is 1.08 bits per heavy atom. The molecular weight excluding hydrogens is 342 g/mol. The lowest BCUT2D eigenvalue weighted by atomic mass is 10.1. The summed E-state index contributed by atoms with van der Waals surface area (Å²) >= 11 is 0. The number of nitrogens with two attached hydrogens (primary N) is 1. The van der Waals surface area contributed by atoms with E-state index in [1.165, 1.54) is 6.07 Å². The van der Waals surface area contributed by atoms with Crippen molar-refractivity contribution in [3.63, 3.8) is 0 Å². The monoisotopic (exact) mass is 357 g/mol. The van der Waals surface area contributed by atoms with Crippen molar-refractivity contribution in [3.8, 4) is 5.75 Å². The number of ether oxygens (including phenoxy) is 2. The SMILES string of the molecule is N[C@@H](Cc1ccc(OC(F)(F)F)c(F)c1)C(=O)OCc1ccccc1. The first-order valence-corrected chi connectivity index (χ1v) is 7.25. The van der Waals surface area contributed by atoms with Crippen LogP contribution in [0.2, 0.25) is 0 Å². The van der Waals surface area contributed by atoms with Gasteiger partial charge in [-0.05, 0) is 29.7 Å². The van der Waals surface area contributed by atoms with Crippen LogP contribution in [0.15, 0.2) is 48.5 Å². The fraction of sp³-hybridized carbons (Fsp3) is 0.235. The highest BCUT2D eigenvalue weighted by Gasteiger charge is 2.32. The minimum Gasteiger partial charge on any atom is -0.460 e. The Labute approximate surface area is 141 Å². The minimum atomic E-state index is -4.99. The molecule has 0 spiro atoms. The average molecular weight is 357 g/mol. The van der Waals surface area contributed by atoms with Crippen LogP contribution < -0.4 is 10.5 Å². The van der Waals surface area contributed by atoms with Gasteiger partial charge in [0.25, 0.3) is 0 Å². The Kier molecular flexibility index (Phi) is 5.97. The molecule has 0 unspecified atom stereocenters. The third-order valence-electron chi connectivity index (χ3n) is 3.20. The zero-order valence-corrected chi connectivity index (χ0v) is 12.9. The van der Waals surface area contributed by atoms with Gasteiger partial charge in [0, 0.05) is 0 Å². The van der Waals surface area contributed by atoms with Crippen LogP contribution >= 0.6 is 0 Å². The highest BCUT2D eigenvalue weighted by Crippen LogP contribution is 2.26. The molecule has 134 valence electrons. The summed E-state index contributed by atoms with van der Waals surface area (Å²) in [6.07, 6.45) is -5.07. The van der Waals surface area contributed by atoms with Gasteiger partial charge in [0.15, 0.2) is 11.6 Å². The van der Waals surface area contributed by atoms with Crippen molar-refractivity contribution in [2.24, 2.45) is 5.73 Å². The van der Waals surface area contributed by atoms with Crippen molar-refractivity contribution in [1.82, 2.24) is 0 Å². The van der Waals surface area contributed by atoms with E-state index in [0.29, 0.717) is 0 Å². The molecule has 1 atom stereocenters. The van der Waals surface area contributed by atoms with Crippen LogP contribution in [-0.2, 0) is 22.6 Å². The van der Waals surface area contributed by atoms with Gasteiger partial charge in [-0.2, -0.15) is 0 Å². The van der Waals surface area contributed by atoms with E-state index in [2.05, 4.69) is 4.74 Å². The Balaban J connectivity index is 1.92. The third kappa shape index (κ3) is 6.07. The van der Waals surface area contributed by atoms with Crippen molar-refractivity contribution in [2.75, 3.05) is 0 Å². The van der Waals surface area contributed by atoms with Gasteiger partial charge in [-0.25, -0.2) is 4.39 Å². The van der Waals surface area contributed by atoms with Crippen LogP contribution in [0.5, 0.6) is 5.75 Å². The molecule has 0 aliphatic carbocycles. The molecule has 0 fully saturated rings. The van der Waals surface area contributed by atoms with Gasteiger partial charge >= 0.3 is 12.3 Å². The Hall–Kier alpha value is -2.61. The van der Waals surface area contributed by atoms with E-state index in [4.69, 9.17) is 10.5 Å². The van der Waals surface area contributed by atoms with Crippen LogP contribution in [0.4, 0.5) is 17.6 Å². The Morgan fingerprint density at radius 3 is 2.36 bits per heavy atom. The van der Waals surface area contributed by atoms with E-state index in [1.807, 2.05) is 6.07 Å². The quantitative estimate of drug-likeness (QED) is 0.636. The number of carbonyl (C=O) groups is 1. The first-order valence-electron chi connectivity index (χ1n) is 7.25. The van der Waals surface area contributed by atoms with Crippen molar-refractivity contribution in [2.45, 2.75) is 25.4 Å². The lowest BCUT2D eigenvalue weighted by Crippen LogP contribution is -2.34. The summed E-state index contributed by atoms with van der Waals surface area (Å²) < 4.78 is 58.5. The van der Waals surface area contributed by atoms with E-state index in [1.54, 1.807) is 24.3 Å². The third-order valence-corrected chi connectivity index (χ3v) is 3.20. The maximum atomic E-state index is 13.6. The molecule has 0 heterocycles. The van der Waals surface area contributed by atoms with E-state index in [-0.39, 0.29) is 18.6 Å². The molecule has 0 amide bonds. The molecule has 2 aromatic rings. The van der Waals surface area contributed by atoms with E-state index < -0.39 is 29.9 Å². The molecule has 4 nitrogen and oxygen atoms in total. The van der Waals surface area contributed by atoms with Gasteiger partial charge < -0.3 is 15.2 Å². The van der Waals surface area contributed by atoms with Gasteiger partial charge in [0.1, 0.15) is 12.6 Å². The smallest absolute Gasteiger partial charge is 0.460 e. The topological polar surface area (TPSA) is 61.5 Å². The second-order valence-electron chi connectivity index (χ2n) is 5.22. The minimum absolute atomic E-state index is 0.0418. The summed E-state index contributed by atoms with van der Waals surface area (Å²) in [7, 11) is 0. The van der Waals surface area contributed by atoms with Gasteiger partial charge in [0.2, 0.25) is 0 Å². The Morgan fingerprint density at radius 2 is 1.76 bits per heavy atom. The van der Waals surface area contributed by atoms with Crippen molar-refractivity contribution in [1.29, 1.82) is 0 Å². The predicted octanol–water partition coefficient (Wildman–Crippen LogP) is 3.34. The summed E-state index contributed by atoms with van der Waals surface area (Å²) in [5.41, 5.74) is 6.72.